The van der Waals surface area contributed by atoms with E-state index in [1.54, 1.807) is 4.57 Å². The maximum Gasteiger partial charge on any atom is 0.352 e. The summed E-state index contributed by atoms with van der Waals surface area (Å²) in [6.45, 7) is 0. The molecule has 0 bridgehead atoms. The minimum atomic E-state index is -3.60. The van der Waals surface area contributed by atoms with E-state index in [1.165, 1.54) is 12.3 Å². The van der Waals surface area contributed by atoms with Gasteiger partial charge in [-0.15, -0.1) is 0 Å². The molecular formula is C12H16N2O4S. The summed E-state index contributed by atoms with van der Waals surface area (Å²) >= 11 is 0. The highest BCUT2D eigenvalue weighted by molar-refractivity contribution is 7.89. The third-order valence-corrected chi connectivity index (χ3v) is 5.21. The minimum absolute atomic E-state index is 0.00236. The Balaban J connectivity index is 1.91. The highest BCUT2D eigenvalue weighted by Gasteiger charge is 2.31. The highest BCUT2D eigenvalue weighted by Crippen LogP contribution is 2.37. The van der Waals surface area contributed by atoms with Crippen LogP contribution in [-0.2, 0) is 10.0 Å². The smallest absolute Gasteiger partial charge is 0.352 e. The summed E-state index contributed by atoms with van der Waals surface area (Å²) in [7, 11) is -3.60. The van der Waals surface area contributed by atoms with Crippen LogP contribution in [0.15, 0.2) is 17.2 Å². The molecule has 7 heteroatoms. The number of nitrogens with one attached hydrogen (secondary N) is 1. The lowest BCUT2D eigenvalue weighted by molar-refractivity contribution is 0.0685. The summed E-state index contributed by atoms with van der Waals surface area (Å²) < 4.78 is 28.5. The fourth-order valence-electron chi connectivity index (χ4n) is 2.24. The number of hydrogen-bond donors (Lipinski definition) is 2. The van der Waals surface area contributed by atoms with E-state index in [9.17, 15) is 13.2 Å². The van der Waals surface area contributed by atoms with Crippen LogP contribution in [0.3, 0.4) is 0 Å². The fourth-order valence-corrected chi connectivity index (χ4v) is 3.57. The van der Waals surface area contributed by atoms with Crippen LogP contribution < -0.4 is 4.72 Å². The van der Waals surface area contributed by atoms with Gasteiger partial charge in [-0.2, -0.15) is 0 Å². The molecule has 0 unspecified atom stereocenters. The molecule has 19 heavy (non-hydrogen) atoms. The van der Waals surface area contributed by atoms with Gasteiger partial charge < -0.3 is 9.67 Å². The average Bonchev–Trinajstić information content (AvgIpc) is 3.02. The Hall–Kier alpha value is -1.34. The van der Waals surface area contributed by atoms with Crippen molar-refractivity contribution in [2.45, 2.75) is 49.1 Å². The molecule has 0 aromatic carbocycles. The van der Waals surface area contributed by atoms with Gasteiger partial charge in [-0.1, -0.05) is 6.42 Å². The van der Waals surface area contributed by atoms with E-state index < -0.39 is 16.0 Å². The minimum Gasteiger partial charge on any atom is -0.477 e. The third kappa shape index (κ3) is 2.40. The lowest BCUT2D eigenvalue weighted by Crippen LogP contribution is -2.39. The molecule has 2 aliphatic carbocycles. The largest absolute Gasteiger partial charge is 0.477 e. The molecule has 0 aliphatic heterocycles. The van der Waals surface area contributed by atoms with Gasteiger partial charge in [0.1, 0.15) is 10.6 Å². The van der Waals surface area contributed by atoms with Gasteiger partial charge in [0.25, 0.3) is 0 Å². The Bertz CT molecular complexity index is 612. The van der Waals surface area contributed by atoms with Crippen molar-refractivity contribution in [2.24, 2.45) is 0 Å². The first-order valence-electron chi connectivity index (χ1n) is 6.45. The molecule has 6 nitrogen and oxygen atoms in total. The first-order chi connectivity index (χ1) is 8.97. The van der Waals surface area contributed by atoms with Gasteiger partial charge in [-0.25, -0.2) is 17.9 Å². The second-order valence-electron chi connectivity index (χ2n) is 5.25. The number of aromatic nitrogens is 1. The molecule has 0 atom stereocenters. The molecule has 1 aromatic heterocycles. The molecule has 1 heterocycles. The van der Waals surface area contributed by atoms with Gasteiger partial charge in [-0.3, -0.25) is 0 Å². The number of sulfonamides is 1. The molecule has 1 aromatic rings. The fraction of sp³-hybridized carbons (Fsp3) is 0.583. The van der Waals surface area contributed by atoms with Crippen LogP contribution in [0.2, 0.25) is 0 Å². The van der Waals surface area contributed by atoms with Gasteiger partial charge in [0.2, 0.25) is 10.0 Å². The van der Waals surface area contributed by atoms with Crippen molar-refractivity contribution in [2.75, 3.05) is 0 Å². The van der Waals surface area contributed by atoms with E-state index >= 15 is 0 Å². The van der Waals surface area contributed by atoms with E-state index in [-0.39, 0.29) is 22.7 Å². The normalized spacial score (nSPS) is 20.2. The lowest BCUT2D eigenvalue weighted by Gasteiger charge is -2.25. The Kier molecular flexibility index (Phi) is 2.90. The van der Waals surface area contributed by atoms with Gasteiger partial charge in [0.05, 0.1) is 0 Å². The summed E-state index contributed by atoms with van der Waals surface area (Å²) in [5.41, 5.74) is 0.0523. The maximum atomic E-state index is 12.1. The van der Waals surface area contributed by atoms with E-state index in [0.717, 1.165) is 32.1 Å². The van der Waals surface area contributed by atoms with E-state index in [4.69, 9.17) is 5.11 Å². The Morgan fingerprint density at radius 3 is 2.47 bits per heavy atom. The van der Waals surface area contributed by atoms with Crippen LogP contribution in [0.5, 0.6) is 0 Å². The molecule has 0 amide bonds. The third-order valence-electron chi connectivity index (χ3n) is 3.72. The van der Waals surface area contributed by atoms with Crippen molar-refractivity contribution < 1.29 is 18.3 Å². The van der Waals surface area contributed by atoms with Crippen molar-refractivity contribution in [3.8, 4) is 0 Å². The van der Waals surface area contributed by atoms with Gasteiger partial charge in [0.15, 0.2) is 0 Å². The molecule has 0 saturated heterocycles. The topological polar surface area (TPSA) is 88.4 Å². The molecule has 2 N–H and O–H groups in total. The molecule has 104 valence electrons. The van der Waals surface area contributed by atoms with Crippen LogP contribution in [-0.4, -0.2) is 30.1 Å². The summed E-state index contributed by atoms with van der Waals surface area (Å²) in [6, 6.07) is 1.39. The van der Waals surface area contributed by atoms with Gasteiger partial charge in [0, 0.05) is 18.3 Å². The van der Waals surface area contributed by atoms with Crippen LogP contribution in [0.4, 0.5) is 0 Å². The molecule has 2 aliphatic rings. The zero-order valence-corrected chi connectivity index (χ0v) is 11.2. The number of nitrogens with zero attached hydrogens (tertiary/aromatic N) is 1. The van der Waals surface area contributed by atoms with Crippen molar-refractivity contribution in [1.29, 1.82) is 0 Å². The quantitative estimate of drug-likeness (QED) is 0.854. The Morgan fingerprint density at radius 1 is 1.32 bits per heavy atom. The molecule has 0 spiro atoms. The predicted molar refractivity (Wildman–Crippen MR) is 67.6 cm³/mol. The number of aromatic carboxylic acids is 1. The SMILES string of the molecule is O=C(O)c1cc(S(=O)(=O)NC2CCC2)cn1C1CC1. The Morgan fingerprint density at radius 2 is 2.00 bits per heavy atom. The Labute approximate surface area is 111 Å². The lowest BCUT2D eigenvalue weighted by atomic mass is 9.94. The summed E-state index contributed by atoms with van der Waals surface area (Å²) in [6.07, 6.45) is 6.01. The summed E-state index contributed by atoms with van der Waals surface area (Å²) in [5.74, 6) is -1.09. The second-order valence-corrected chi connectivity index (χ2v) is 6.97. The van der Waals surface area contributed by atoms with Crippen LogP contribution in [0.1, 0.15) is 48.6 Å². The molecule has 3 rings (SSSR count). The van der Waals surface area contributed by atoms with Crippen molar-refractivity contribution in [3.63, 3.8) is 0 Å². The molecule has 0 radical (unpaired) electrons. The van der Waals surface area contributed by atoms with E-state index in [2.05, 4.69) is 4.72 Å². The number of rotatable bonds is 5. The summed E-state index contributed by atoms with van der Waals surface area (Å²) in [4.78, 5) is 11.2. The second kappa shape index (κ2) is 4.35. The van der Waals surface area contributed by atoms with E-state index in [1.807, 2.05) is 0 Å². The zero-order valence-electron chi connectivity index (χ0n) is 10.4. The highest BCUT2D eigenvalue weighted by atomic mass is 32.2. The number of carbonyl (C=O) groups is 1. The maximum absolute atomic E-state index is 12.1. The first kappa shape index (κ1) is 12.7. The van der Waals surface area contributed by atoms with Gasteiger partial charge >= 0.3 is 5.97 Å². The summed E-state index contributed by atoms with van der Waals surface area (Å²) in [5, 5.41) is 9.12. The predicted octanol–water partition coefficient (Wildman–Crippen LogP) is 1.35. The zero-order chi connectivity index (χ0) is 13.6. The van der Waals surface area contributed by atoms with Crippen molar-refractivity contribution >= 4 is 16.0 Å². The first-order valence-corrected chi connectivity index (χ1v) is 7.93. The molecular weight excluding hydrogens is 268 g/mol. The van der Waals surface area contributed by atoms with Crippen molar-refractivity contribution in [1.82, 2.24) is 9.29 Å². The van der Waals surface area contributed by atoms with E-state index in [0.29, 0.717) is 0 Å². The van der Waals surface area contributed by atoms with Gasteiger partial charge in [-0.05, 0) is 31.7 Å². The average molecular weight is 284 g/mol. The monoisotopic (exact) mass is 284 g/mol. The number of carboxylic acids is 1. The van der Waals surface area contributed by atoms with Crippen LogP contribution >= 0.6 is 0 Å². The molecule has 2 fully saturated rings. The number of carboxylic acid groups (broad SMARTS) is 1. The van der Waals surface area contributed by atoms with Crippen LogP contribution in [0, 0.1) is 0 Å². The van der Waals surface area contributed by atoms with Crippen LogP contribution in [0.25, 0.3) is 0 Å². The molecule has 2 saturated carbocycles. The standard InChI is InChI=1S/C12H16N2O4S/c15-12(16)11-6-10(7-14(11)9-4-5-9)19(17,18)13-8-2-1-3-8/h6-9,13H,1-5H2,(H,15,16). The van der Waals surface area contributed by atoms with Crippen molar-refractivity contribution in [3.05, 3.63) is 18.0 Å². The number of hydrogen-bond acceptors (Lipinski definition) is 3.